The van der Waals surface area contributed by atoms with Crippen LogP contribution in [-0.4, -0.2) is 29.4 Å². The molecule has 66 valence electrons. The summed E-state index contributed by atoms with van der Waals surface area (Å²) in [4.78, 5) is 30.7. The molecule has 0 spiro atoms. The van der Waals surface area contributed by atoms with Crippen LogP contribution in [-0.2, 0) is 19.1 Å². The molecule has 12 heavy (non-hydrogen) atoms. The fourth-order valence-electron chi connectivity index (χ4n) is 0.360. The van der Waals surface area contributed by atoms with E-state index >= 15 is 0 Å². The van der Waals surface area contributed by atoms with Gasteiger partial charge in [-0.25, -0.2) is 9.59 Å². The molecular weight excluding hydrogens is 164 g/mol. The number of hydrogen-bond donors (Lipinski definition) is 1. The van der Waals surface area contributed by atoms with E-state index < -0.39 is 11.9 Å². The molecule has 0 heterocycles. The molecule has 0 saturated carbocycles. The lowest BCUT2D eigenvalue weighted by molar-refractivity contribution is -0.142. The van der Waals surface area contributed by atoms with Crippen molar-refractivity contribution in [2.75, 3.05) is 6.61 Å². The zero-order valence-electron chi connectivity index (χ0n) is 6.44. The van der Waals surface area contributed by atoms with Crippen LogP contribution in [0.1, 0.15) is 6.92 Å². The minimum absolute atomic E-state index is 0.299. The number of carboxylic acids is 1. The summed E-state index contributed by atoms with van der Waals surface area (Å²) in [6.45, 7) is 0.928. The van der Waals surface area contributed by atoms with Gasteiger partial charge in [-0.05, 0) is 6.92 Å². The third kappa shape index (κ3) is 6.47. The highest BCUT2D eigenvalue weighted by atomic mass is 16.5. The van der Waals surface area contributed by atoms with Crippen LogP contribution in [0.25, 0.3) is 0 Å². The van der Waals surface area contributed by atoms with Crippen LogP contribution in [0.15, 0.2) is 12.2 Å². The predicted molar refractivity (Wildman–Crippen MR) is 38.4 cm³/mol. The van der Waals surface area contributed by atoms with Crippen LogP contribution in [0.2, 0.25) is 0 Å². The summed E-state index contributed by atoms with van der Waals surface area (Å²) in [6, 6.07) is 0. The Morgan fingerprint density at radius 3 is 2.33 bits per heavy atom. The molecule has 5 nitrogen and oxygen atoms in total. The van der Waals surface area contributed by atoms with Crippen molar-refractivity contribution in [1.82, 2.24) is 0 Å². The number of rotatable bonds is 4. The quantitative estimate of drug-likeness (QED) is 0.467. The second-order valence-corrected chi connectivity index (χ2v) is 1.98. The molecule has 0 atom stereocenters. The normalized spacial score (nSPS) is 9.75. The Morgan fingerprint density at radius 1 is 1.33 bits per heavy atom. The molecule has 0 aliphatic rings. The molecule has 1 N–H and O–H groups in total. The fourth-order valence-corrected chi connectivity index (χ4v) is 0.360. The van der Waals surface area contributed by atoms with Crippen molar-refractivity contribution in [2.45, 2.75) is 6.92 Å². The van der Waals surface area contributed by atoms with E-state index in [0.29, 0.717) is 6.08 Å². The minimum Gasteiger partial charge on any atom is -0.478 e. The van der Waals surface area contributed by atoms with Gasteiger partial charge < -0.3 is 9.84 Å². The van der Waals surface area contributed by atoms with Crippen LogP contribution in [0.4, 0.5) is 0 Å². The Hall–Kier alpha value is -1.65. The Bertz CT molecular complexity index is 228. The molecule has 0 saturated heterocycles. The van der Waals surface area contributed by atoms with Gasteiger partial charge in [-0.2, -0.15) is 0 Å². The molecule has 5 heteroatoms. The molecule has 0 rings (SSSR count). The van der Waals surface area contributed by atoms with Crippen LogP contribution < -0.4 is 0 Å². The zero-order valence-corrected chi connectivity index (χ0v) is 6.44. The van der Waals surface area contributed by atoms with E-state index in [0.717, 1.165) is 6.08 Å². The van der Waals surface area contributed by atoms with E-state index in [1.54, 1.807) is 0 Å². The van der Waals surface area contributed by atoms with Gasteiger partial charge in [-0.15, -0.1) is 0 Å². The number of carbonyl (C=O) groups excluding carboxylic acids is 2. The van der Waals surface area contributed by atoms with Crippen molar-refractivity contribution in [3.05, 3.63) is 12.2 Å². The second-order valence-electron chi connectivity index (χ2n) is 1.98. The Balaban J connectivity index is 3.75. The summed E-state index contributed by atoms with van der Waals surface area (Å²) < 4.78 is 4.32. The first-order chi connectivity index (χ1) is 5.52. The molecule has 0 amide bonds. The number of Topliss-reactive ketones (excluding diaryl/α,β-unsaturated/α-hetero) is 1. The average Bonchev–Trinajstić information content (AvgIpc) is 1.96. The second kappa shape index (κ2) is 5.06. The topological polar surface area (TPSA) is 80.7 Å². The molecule has 0 aliphatic heterocycles. The Kier molecular flexibility index (Phi) is 4.36. The lowest BCUT2D eigenvalue weighted by Crippen LogP contribution is -2.09. The van der Waals surface area contributed by atoms with Crippen molar-refractivity contribution in [2.24, 2.45) is 0 Å². The van der Waals surface area contributed by atoms with Crippen molar-refractivity contribution < 1.29 is 24.2 Å². The molecule has 0 aromatic carbocycles. The van der Waals surface area contributed by atoms with E-state index in [1.165, 1.54) is 6.92 Å². The molecule has 0 aromatic rings. The highest BCUT2D eigenvalue weighted by Crippen LogP contribution is 1.82. The molecule has 0 aromatic heterocycles. The maximum atomic E-state index is 10.5. The van der Waals surface area contributed by atoms with Crippen molar-refractivity contribution in [3.8, 4) is 0 Å². The van der Waals surface area contributed by atoms with Gasteiger partial charge in [0.25, 0.3) is 0 Å². The number of ketones is 1. The van der Waals surface area contributed by atoms with E-state index in [-0.39, 0.29) is 12.4 Å². The highest BCUT2D eigenvalue weighted by molar-refractivity contribution is 5.91. The van der Waals surface area contributed by atoms with Crippen LogP contribution >= 0.6 is 0 Å². The monoisotopic (exact) mass is 172 g/mol. The maximum Gasteiger partial charge on any atom is 0.331 e. The predicted octanol–water partition coefficient (Wildman–Crippen LogP) is -0.241. The van der Waals surface area contributed by atoms with Gasteiger partial charge >= 0.3 is 11.9 Å². The van der Waals surface area contributed by atoms with Gasteiger partial charge in [-0.1, -0.05) is 0 Å². The lowest BCUT2D eigenvalue weighted by Gasteiger charge is -1.95. The van der Waals surface area contributed by atoms with Crippen molar-refractivity contribution in [1.29, 1.82) is 0 Å². The van der Waals surface area contributed by atoms with Crippen LogP contribution in [0.5, 0.6) is 0 Å². The van der Waals surface area contributed by atoms with Crippen LogP contribution in [0, 0.1) is 0 Å². The number of esters is 1. The van der Waals surface area contributed by atoms with Gasteiger partial charge in [0.1, 0.15) is 6.61 Å². The average molecular weight is 172 g/mol. The van der Waals surface area contributed by atoms with E-state index in [2.05, 4.69) is 4.74 Å². The maximum absolute atomic E-state index is 10.5. The molecule has 0 fully saturated rings. The van der Waals surface area contributed by atoms with Gasteiger partial charge in [0, 0.05) is 12.2 Å². The van der Waals surface area contributed by atoms with Gasteiger partial charge in [-0.3, -0.25) is 4.79 Å². The Labute approximate surface area is 68.6 Å². The fraction of sp³-hybridized carbons (Fsp3) is 0.286. The smallest absolute Gasteiger partial charge is 0.331 e. The SMILES string of the molecule is CC(=O)COC(=O)/C=C/C(=O)O. The standard InChI is InChI=1S/C7H8O5/c1-5(8)4-12-7(11)3-2-6(9)10/h2-3H,4H2,1H3,(H,9,10)/b3-2+. The molecule has 0 unspecified atom stereocenters. The van der Waals surface area contributed by atoms with E-state index in [4.69, 9.17) is 5.11 Å². The summed E-state index contributed by atoms with van der Waals surface area (Å²) in [7, 11) is 0. The Morgan fingerprint density at radius 2 is 1.92 bits per heavy atom. The third-order valence-electron chi connectivity index (χ3n) is 0.780. The number of carbonyl (C=O) groups is 3. The summed E-state index contributed by atoms with van der Waals surface area (Å²) in [6.07, 6.45) is 1.38. The van der Waals surface area contributed by atoms with Crippen LogP contribution in [0.3, 0.4) is 0 Å². The van der Waals surface area contributed by atoms with Gasteiger partial charge in [0.05, 0.1) is 0 Å². The minimum atomic E-state index is -1.24. The van der Waals surface area contributed by atoms with E-state index in [1.807, 2.05) is 0 Å². The molecule has 0 radical (unpaired) electrons. The first kappa shape index (κ1) is 10.3. The summed E-state index contributed by atoms with van der Waals surface area (Å²) >= 11 is 0. The van der Waals surface area contributed by atoms with E-state index in [9.17, 15) is 14.4 Å². The lowest BCUT2D eigenvalue weighted by atomic mass is 10.5. The summed E-state index contributed by atoms with van der Waals surface area (Å²) in [5, 5.41) is 8.08. The van der Waals surface area contributed by atoms with Gasteiger partial charge in [0.15, 0.2) is 5.78 Å². The summed E-state index contributed by atoms with van der Waals surface area (Å²) in [5.41, 5.74) is 0. The number of aliphatic carboxylic acids is 1. The molecule has 0 aliphatic carbocycles. The largest absolute Gasteiger partial charge is 0.478 e. The number of hydrogen-bond acceptors (Lipinski definition) is 4. The molecular formula is C7H8O5. The number of carboxylic acid groups (broad SMARTS) is 1. The number of ether oxygens (including phenoxy) is 1. The summed E-state index contributed by atoms with van der Waals surface area (Å²) in [5.74, 6) is -2.38. The molecule has 0 bridgehead atoms. The van der Waals surface area contributed by atoms with Crippen molar-refractivity contribution >= 4 is 17.7 Å². The first-order valence-corrected chi connectivity index (χ1v) is 3.09. The van der Waals surface area contributed by atoms with Crippen molar-refractivity contribution in [3.63, 3.8) is 0 Å². The highest BCUT2D eigenvalue weighted by Gasteiger charge is 1.99. The first-order valence-electron chi connectivity index (χ1n) is 3.09. The van der Waals surface area contributed by atoms with Gasteiger partial charge in [0.2, 0.25) is 0 Å². The third-order valence-corrected chi connectivity index (χ3v) is 0.780. The zero-order chi connectivity index (χ0) is 9.56.